The first-order chi connectivity index (χ1) is 7.66. The Hall–Kier alpha value is -2.04. The van der Waals surface area contributed by atoms with Gasteiger partial charge in [-0.2, -0.15) is 5.10 Å². The number of rotatable bonds is 3. The minimum atomic E-state index is -0.287. The second kappa shape index (κ2) is 4.22. The molecular formula is C11H13FN4. The summed E-state index contributed by atoms with van der Waals surface area (Å²) < 4.78 is 13.1. The van der Waals surface area contributed by atoms with Gasteiger partial charge in [-0.05, 0) is 30.7 Å². The van der Waals surface area contributed by atoms with Crippen molar-refractivity contribution in [3.05, 3.63) is 41.5 Å². The van der Waals surface area contributed by atoms with Crippen molar-refractivity contribution in [2.24, 2.45) is 0 Å². The third kappa shape index (κ3) is 2.13. The molecule has 1 heterocycles. The molecule has 0 atom stereocenters. The van der Waals surface area contributed by atoms with Crippen LogP contribution in [0, 0.1) is 12.7 Å². The Bertz CT molecular complexity index is 479. The third-order valence-corrected chi connectivity index (χ3v) is 2.36. The fourth-order valence-corrected chi connectivity index (χ4v) is 1.42. The van der Waals surface area contributed by atoms with Crippen molar-refractivity contribution in [2.75, 3.05) is 11.1 Å². The number of halogens is 1. The Labute approximate surface area is 92.7 Å². The molecule has 2 aromatic rings. The summed E-state index contributed by atoms with van der Waals surface area (Å²) in [5, 5.41) is 9.78. The first-order valence-electron chi connectivity index (χ1n) is 4.94. The van der Waals surface area contributed by atoms with Gasteiger partial charge in [0.05, 0.1) is 23.6 Å². The lowest BCUT2D eigenvalue weighted by molar-refractivity contribution is 0.619. The van der Waals surface area contributed by atoms with Crippen molar-refractivity contribution in [3.8, 4) is 0 Å². The fourth-order valence-electron chi connectivity index (χ4n) is 1.42. The second-order valence-corrected chi connectivity index (χ2v) is 3.62. The van der Waals surface area contributed by atoms with E-state index in [4.69, 9.17) is 5.73 Å². The van der Waals surface area contributed by atoms with E-state index in [0.29, 0.717) is 17.8 Å². The second-order valence-electron chi connectivity index (χ2n) is 3.62. The summed E-state index contributed by atoms with van der Waals surface area (Å²) in [6.07, 6.45) is 1.68. The molecule has 0 aliphatic rings. The predicted molar refractivity (Wildman–Crippen MR) is 61.5 cm³/mol. The number of hydrogen-bond acceptors (Lipinski definition) is 3. The molecule has 0 aliphatic carbocycles. The zero-order valence-electron chi connectivity index (χ0n) is 8.92. The van der Waals surface area contributed by atoms with Crippen LogP contribution < -0.4 is 11.1 Å². The molecular weight excluding hydrogens is 207 g/mol. The smallest absolute Gasteiger partial charge is 0.128 e. The molecule has 0 amide bonds. The minimum absolute atomic E-state index is 0.287. The van der Waals surface area contributed by atoms with Crippen molar-refractivity contribution in [3.63, 3.8) is 0 Å². The van der Waals surface area contributed by atoms with Crippen LogP contribution in [0.2, 0.25) is 0 Å². The van der Waals surface area contributed by atoms with Crippen molar-refractivity contribution in [2.45, 2.75) is 13.5 Å². The topological polar surface area (TPSA) is 66.7 Å². The number of nitrogens with zero attached hydrogens (tertiary/aromatic N) is 1. The summed E-state index contributed by atoms with van der Waals surface area (Å²) in [6, 6.07) is 4.88. The Kier molecular flexibility index (Phi) is 2.76. The number of H-pyrrole nitrogens is 1. The van der Waals surface area contributed by atoms with Gasteiger partial charge >= 0.3 is 0 Å². The third-order valence-electron chi connectivity index (χ3n) is 2.36. The van der Waals surface area contributed by atoms with Gasteiger partial charge < -0.3 is 11.1 Å². The van der Waals surface area contributed by atoms with E-state index in [1.54, 1.807) is 19.2 Å². The van der Waals surface area contributed by atoms with E-state index in [1.165, 1.54) is 6.07 Å². The van der Waals surface area contributed by atoms with Crippen LogP contribution in [0.1, 0.15) is 11.3 Å². The van der Waals surface area contributed by atoms with Crippen molar-refractivity contribution < 1.29 is 4.39 Å². The van der Waals surface area contributed by atoms with Gasteiger partial charge in [-0.25, -0.2) is 4.39 Å². The van der Waals surface area contributed by atoms with Crippen LogP contribution in [0.4, 0.5) is 15.8 Å². The molecule has 2 rings (SSSR count). The van der Waals surface area contributed by atoms with Gasteiger partial charge in [0.25, 0.3) is 0 Å². The highest BCUT2D eigenvalue weighted by atomic mass is 19.1. The number of anilines is 2. The van der Waals surface area contributed by atoms with Crippen LogP contribution in [-0.4, -0.2) is 10.2 Å². The van der Waals surface area contributed by atoms with E-state index < -0.39 is 0 Å². The maximum atomic E-state index is 13.1. The summed E-state index contributed by atoms with van der Waals surface area (Å²) >= 11 is 0. The minimum Gasteiger partial charge on any atom is -0.397 e. The molecule has 0 saturated heterocycles. The Morgan fingerprint density at radius 1 is 1.50 bits per heavy atom. The normalized spacial score (nSPS) is 10.4. The van der Waals surface area contributed by atoms with Crippen molar-refractivity contribution in [1.29, 1.82) is 0 Å². The summed E-state index contributed by atoms with van der Waals surface area (Å²) in [5.74, 6) is -0.287. The fraction of sp³-hybridized carbons (Fsp3) is 0.182. The lowest BCUT2D eigenvalue weighted by Crippen LogP contribution is -2.04. The highest BCUT2D eigenvalue weighted by Crippen LogP contribution is 2.22. The van der Waals surface area contributed by atoms with Gasteiger partial charge in [0, 0.05) is 6.20 Å². The molecule has 0 fully saturated rings. The Balaban J connectivity index is 2.12. The molecule has 0 bridgehead atoms. The first kappa shape index (κ1) is 10.5. The van der Waals surface area contributed by atoms with Gasteiger partial charge in [0.15, 0.2) is 0 Å². The van der Waals surface area contributed by atoms with E-state index in [1.807, 2.05) is 6.07 Å². The molecule has 0 radical (unpaired) electrons. The number of nitrogens with two attached hydrogens (primary N) is 1. The highest BCUT2D eigenvalue weighted by Gasteiger charge is 2.04. The number of aromatic nitrogens is 2. The van der Waals surface area contributed by atoms with Gasteiger partial charge in [-0.15, -0.1) is 0 Å². The van der Waals surface area contributed by atoms with Gasteiger partial charge in [0.2, 0.25) is 0 Å². The zero-order chi connectivity index (χ0) is 11.5. The summed E-state index contributed by atoms with van der Waals surface area (Å²) in [5.41, 5.74) is 8.35. The predicted octanol–water partition coefficient (Wildman–Crippen LogP) is 2.05. The van der Waals surface area contributed by atoms with E-state index in [2.05, 4.69) is 15.5 Å². The summed E-state index contributed by atoms with van der Waals surface area (Å²) in [6.45, 7) is 2.28. The van der Waals surface area contributed by atoms with E-state index in [-0.39, 0.29) is 5.82 Å². The molecule has 4 nitrogen and oxygen atoms in total. The van der Waals surface area contributed by atoms with Gasteiger partial charge in [0.1, 0.15) is 5.82 Å². The molecule has 0 aliphatic heterocycles. The van der Waals surface area contributed by atoms with Crippen LogP contribution in [-0.2, 0) is 6.54 Å². The monoisotopic (exact) mass is 220 g/mol. The summed E-state index contributed by atoms with van der Waals surface area (Å²) in [4.78, 5) is 0. The summed E-state index contributed by atoms with van der Waals surface area (Å²) in [7, 11) is 0. The quantitative estimate of drug-likeness (QED) is 0.693. The average Bonchev–Trinajstić information content (AvgIpc) is 2.74. The maximum Gasteiger partial charge on any atom is 0.128 e. The van der Waals surface area contributed by atoms with Crippen molar-refractivity contribution >= 4 is 11.4 Å². The molecule has 1 aromatic heterocycles. The molecule has 0 unspecified atom stereocenters. The number of hydrogen-bond donors (Lipinski definition) is 3. The average molecular weight is 220 g/mol. The Morgan fingerprint density at radius 3 is 3.00 bits per heavy atom. The largest absolute Gasteiger partial charge is 0.397 e. The number of benzene rings is 1. The van der Waals surface area contributed by atoms with E-state index in [0.717, 1.165) is 11.4 Å². The van der Waals surface area contributed by atoms with Crippen LogP contribution in [0.25, 0.3) is 0 Å². The van der Waals surface area contributed by atoms with E-state index in [9.17, 15) is 4.39 Å². The molecule has 0 spiro atoms. The standard InChI is InChI=1S/C11H13FN4/c1-7-4-11(10(13)5-9(7)12)14-6-8-2-3-15-16-8/h2-5,14H,6,13H2,1H3,(H,15,16). The molecule has 4 N–H and O–H groups in total. The van der Waals surface area contributed by atoms with Crippen LogP contribution >= 0.6 is 0 Å². The molecule has 84 valence electrons. The van der Waals surface area contributed by atoms with Gasteiger partial charge in [-0.1, -0.05) is 0 Å². The maximum absolute atomic E-state index is 13.1. The number of aromatic amines is 1. The number of nitrogens with one attached hydrogen (secondary N) is 2. The molecule has 16 heavy (non-hydrogen) atoms. The molecule has 0 saturated carbocycles. The lowest BCUT2D eigenvalue weighted by Gasteiger charge is -2.09. The van der Waals surface area contributed by atoms with Crippen LogP contribution in [0.3, 0.4) is 0 Å². The number of nitrogen functional groups attached to an aromatic ring is 1. The lowest BCUT2D eigenvalue weighted by atomic mass is 10.2. The van der Waals surface area contributed by atoms with Gasteiger partial charge in [-0.3, -0.25) is 5.10 Å². The number of aryl methyl sites for hydroxylation is 1. The Morgan fingerprint density at radius 2 is 2.31 bits per heavy atom. The van der Waals surface area contributed by atoms with Crippen molar-refractivity contribution in [1.82, 2.24) is 10.2 Å². The van der Waals surface area contributed by atoms with Crippen LogP contribution in [0.15, 0.2) is 24.4 Å². The van der Waals surface area contributed by atoms with E-state index >= 15 is 0 Å². The van der Waals surface area contributed by atoms with Crippen LogP contribution in [0.5, 0.6) is 0 Å². The highest BCUT2D eigenvalue weighted by molar-refractivity contribution is 5.67. The molecule has 1 aromatic carbocycles. The zero-order valence-corrected chi connectivity index (χ0v) is 8.92. The molecule has 5 heteroatoms. The first-order valence-corrected chi connectivity index (χ1v) is 4.94. The SMILES string of the molecule is Cc1cc(NCc2ccn[nH]2)c(N)cc1F.